The number of anilines is 1. The monoisotopic (exact) mass is 310 g/mol. The molecule has 1 aliphatic rings. The summed E-state index contributed by atoms with van der Waals surface area (Å²) in [5.41, 5.74) is 0.504. The van der Waals surface area contributed by atoms with E-state index in [1.54, 1.807) is 0 Å². The molecule has 1 saturated heterocycles. The average molecular weight is 310 g/mol. The highest BCUT2D eigenvalue weighted by Gasteiger charge is 2.27. The van der Waals surface area contributed by atoms with E-state index in [-0.39, 0.29) is 23.2 Å². The number of hydrogen-bond donors (Lipinski definition) is 1. The molecule has 1 aliphatic heterocycles. The van der Waals surface area contributed by atoms with Crippen molar-refractivity contribution in [1.82, 2.24) is 0 Å². The number of nitrogens with one attached hydrogen (secondary N) is 1. The number of nitro groups is 1. The van der Waals surface area contributed by atoms with Crippen LogP contribution >= 0.6 is 0 Å². The highest BCUT2D eigenvalue weighted by molar-refractivity contribution is 5.91. The molecule has 1 N–H and O–H groups in total. The van der Waals surface area contributed by atoms with Crippen LogP contribution in [0.1, 0.15) is 31.1 Å². The maximum atomic E-state index is 11.5. The van der Waals surface area contributed by atoms with Gasteiger partial charge in [0, 0.05) is 12.0 Å². The van der Waals surface area contributed by atoms with Crippen LogP contribution in [0.2, 0.25) is 0 Å². The molecule has 2 unspecified atom stereocenters. The SMILES string of the molecule is CC.COC(=O)c1ccc([N+](=O)[O-])c(NC2COCC2C)c1. The summed E-state index contributed by atoms with van der Waals surface area (Å²) in [6.07, 6.45) is 0. The molecule has 1 aromatic carbocycles. The Hall–Kier alpha value is -2.15. The lowest BCUT2D eigenvalue weighted by Gasteiger charge is -2.17. The largest absolute Gasteiger partial charge is 0.465 e. The zero-order chi connectivity index (χ0) is 16.7. The van der Waals surface area contributed by atoms with Gasteiger partial charge in [-0.05, 0) is 12.1 Å². The van der Waals surface area contributed by atoms with E-state index < -0.39 is 10.9 Å². The molecule has 2 atom stereocenters. The van der Waals surface area contributed by atoms with Crippen molar-refractivity contribution in [3.63, 3.8) is 0 Å². The fourth-order valence-electron chi connectivity index (χ4n) is 2.10. The number of carbonyl (C=O) groups is 1. The number of carbonyl (C=O) groups excluding carboxylic acids is 1. The summed E-state index contributed by atoms with van der Waals surface area (Å²) >= 11 is 0. The molecule has 2 rings (SSSR count). The number of rotatable bonds is 4. The molecule has 0 radical (unpaired) electrons. The van der Waals surface area contributed by atoms with Gasteiger partial charge in [-0.2, -0.15) is 0 Å². The summed E-state index contributed by atoms with van der Waals surface area (Å²) in [5.74, 6) is -0.282. The molecule has 122 valence electrons. The van der Waals surface area contributed by atoms with Gasteiger partial charge in [0.1, 0.15) is 5.69 Å². The molecule has 1 fully saturated rings. The molecular weight excluding hydrogens is 288 g/mol. The van der Waals surface area contributed by atoms with Gasteiger partial charge < -0.3 is 14.8 Å². The van der Waals surface area contributed by atoms with Crippen molar-refractivity contribution >= 4 is 17.3 Å². The van der Waals surface area contributed by atoms with E-state index in [2.05, 4.69) is 10.1 Å². The number of nitro benzene ring substituents is 1. The van der Waals surface area contributed by atoms with Gasteiger partial charge in [0.15, 0.2) is 0 Å². The van der Waals surface area contributed by atoms with E-state index in [4.69, 9.17) is 4.74 Å². The minimum Gasteiger partial charge on any atom is -0.465 e. The van der Waals surface area contributed by atoms with Gasteiger partial charge in [-0.15, -0.1) is 0 Å². The molecule has 0 bridgehead atoms. The molecule has 0 saturated carbocycles. The summed E-state index contributed by atoms with van der Waals surface area (Å²) in [4.78, 5) is 22.1. The van der Waals surface area contributed by atoms with Crippen molar-refractivity contribution in [3.8, 4) is 0 Å². The Labute approximate surface area is 129 Å². The molecule has 0 aliphatic carbocycles. The van der Waals surface area contributed by atoms with E-state index >= 15 is 0 Å². The van der Waals surface area contributed by atoms with Crippen molar-refractivity contribution in [2.24, 2.45) is 5.92 Å². The molecule has 0 aromatic heterocycles. The third-order valence-corrected chi connectivity index (χ3v) is 3.32. The molecule has 1 aromatic rings. The van der Waals surface area contributed by atoms with Crippen LogP contribution in [0.3, 0.4) is 0 Å². The highest BCUT2D eigenvalue weighted by atomic mass is 16.6. The lowest BCUT2D eigenvalue weighted by atomic mass is 10.1. The average Bonchev–Trinajstić information content (AvgIpc) is 2.93. The van der Waals surface area contributed by atoms with Gasteiger partial charge in [0.25, 0.3) is 5.69 Å². The Bertz CT molecular complexity index is 533. The second kappa shape index (κ2) is 8.33. The van der Waals surface area contributed by atoms with Gasteiger partial charge in [-0.1, -0.05) is 20.8 Å². The number of esters is 1. The lowest BCUT2D eigenvalue weighted by Crippen LogP contribution is -2.26. The summed E-state index contributed by atoms with van der Waals surface area (Å²) < 4.78 is 9.94. The minimum atomic E-state index is -0.529. The predicted molar refractivity (Wildman–Crippen MR) is 83.2 cm³/mol. The van der Waals surface area contributed by atoms with Gasteiger partial charge >= 0.3 is 5.97 Å². The van der Waals surface area contributed by atoms with Crippen LogP contribution in [0.15, 0.2) is 18.2 Å². The first-order valence-corrected chi connectivity index (χ1v) is 7.24. The number of methoxy groups -OCH3 is 1. The number of nitrogens with zero attached hydrogens (tertiary/aromatic N) is 1. The quantitative estimate of drug-likeness (QED) is 0.522. The number of benzene rings is 1. The smallest absolute Gasteiger partial charge is 0.337 e. The molecular formula is C15H22N2O5. The van der Waals surface area contributed by atoms with Crippen LogP contribution in [0, 0.1) is 16.0 Å². The Balaban J connectivity index is 0.00000116. The molecule has 0 amide bonds. The zero-order valence-electron chi connectivity index (χ0n) is 13.3. The van der Waals surface area contributed by atoms with Crippen LogP contribution in [0.5, 0.6) is 0 Å². The maximum absolute atomic E-state index is 11.5. The van der Waals surface area contributed by atoms with Gasteiger partial charge in [0.05, 0.1) is 36.9 Å². The molecule has 7 heteroatoms. The maximum Gasteiger partial charge on any atom is 0.337 e. The Morgan fingerprint density at radius 3 is 2.59 bits per heavy atom. The fourth-order valence-corrected chi connectivity index (χ4v) is 2.10. The standard InChI is InChI=1S/C13H16N2O5.C2H6/c1-8-6-20-7-11(8)14-10-5-9(13(16)19-2)3-4-12(10)15(17)18;1-2/h3-5,8,11,14H,6-7H2,1-2H3;1-2H3. The van der Waals surface area contributed by atoms with Crippen molar-refractivity contribution in [1.29, 1.82) is 0 Å². The van der Waals surface area contributed by atoms with E-state index in [1.807, 2.05) is 20.8 Å². The van der Waals surface area contributed by atoms with Crippen molar-refractivity contribution in [2.75, 3.05) is 25.6 Å². The number of hydrogen-bond acceptors (Lipinski definition) is 6. The van der Waals surface area contributed by atoms with Gasteiger partial charge in [0.2, 0.25) is 0 Å². The van der Waals surface area contributed by atoms with Crippen LogP contribution in [0.4, 0.5) is 11.4 Å². The Morgan fingerprint density at radius 2 is 2.09 bits per heavy atom. The second-order valence-electron chi connectivity index (χ2n) is 4.75. The Kier molecular flexibility index (Phi) is 6.78. The molecule has 22 heavy (non-hydrogen) atoms. The van der Waals surface area contributed by atoms with Crippen LogP contribution in [-0.4, -0.2) is 37.3 Å². The summed E-state index contributed by atoms with van der Waals surface area (Å²) in [5, 5.41) is 14.1. The number of ether oxygens (including phenoxy) is 2. The predicted octanol–water partition coefficient (Wildman–Crippen LogP) is 2.85. The molecule has 7 nitrogen and oxygen atoms in total. The van der Waals surface area contributed by atoms with Crippen molar-refractivity contribution in [3.05, 3.63) is 33.9 Å². The lowest BCUT2D eigenvalue weighted by molar-refractivity contribution is -0.384. The van der Waals surface area contributed by atoms with E-state index in [9.17, 15) is 14.9 Å². The first-order chi connectivity index (χ1) is 10.5. The van der Waals surface area contributed by atoms with Crippen molar-refractivity contribution < 1.29 is 19.2 Å². The van der Waals surface area contributed by atoms with Crippen LogP contribution < -0.4 is 5.32 Å². The van der Waals surface area contributed by atoms with Crippen molar-refractivity contribution in [2.45, 2.75) is 26.8 Å². The van der Waals surface area contributed by atoms with Gasteiger partial charge in [-0.3, -0.25) is 10.1 Å². The summed E-state index contributed by atoms with van der Waals surface area (Å²) in [6, 6.07) is 4.11. The fraction of sp³-hybridized carbons (Fsp3) is 0.533. The molecule has 1 heterocycles. The second-order valence-corrected chi connectivity index (χ2v) is 4.75. The zero-order valence-corrected chi connectivity index (χ0v) is 13.3. The van der Waals surface area contributed by atoms with Gasteiger partial charge in [-0.25, -0.2) is 4.79 Å². The third-order valence-electron chi connectivity index (χ3n) is 3.32. The van der Waals surface area contributed by atoms with E-state index in [0.29, 0.717) is 18.9 Å². The summed E-state index contributed by atoms with van der Waals surface area (Å²) in [6.45, 7) is 7.10. The Morgan fingerprint density at radius 1 is 1.41 bits per heavy atom. The minimum absolute atomic E-state index is 0.0124. The van der Waals surface area contributed by atoms with E-state index in [1.165, 1.54) is 25.3 Å². The first kappa shape index (κ1) is 17.9. The molecule has 0 spiro atoms. The summed E-state index contributed by atoms with van der Waals surface area (Å²) in [7, 11) is 1.27. The highest BCUT2D eigenvalue weighted by Crippen LogP contribution is 2.28. The third kappa shape index (κ3) is 4.17. The first-order valence-electron chi connectivity index (χ1n) is 7.24. The van der Waals surface area contributed by atoms with E-state index in [0.717, 1.165) is 0 Å². The van der Waals surface area contributed by atoms with Crippen LogP contribution in [-0.2, 0) is 9.47 Å². The topological polar surface area (TPSA) is 90.7 Å². The van der Waals surface area contributed by atoms with Crippen LogP contribution in [0.25, 0.3) is 0 Å². The normalized spacial score (nSPS) is 19.8.